The number of fused-ring (bicyclic) bond motifs is 1. The number of hydrogen-bond donors (Lipinski definition) is 0. The fourth-order valence-electron chi connectivity index (χ4n) is 5.43. The summed E-state index contributed by atoms with van der Waals surface area (Å²) in [4.78, 5) is 39.8. The highest BCUT2D eigenvalue weighted by molar-refractivity contribution is 6.08. The average molecular weight is 348 g/mol. The van der Waals surface area contributed by atoms with E-state index in [4.69, 9.17) is 0 Å². The number of carbonyl (C=O) groups is 3. The molecule has 130 valence electrons. The summed E-state index contributed by atoms with van der Waals surface area (Å²) >= 11 is 0. The second-order valence-corrected chi connectivity index (χ2v) is 7.80. The van der Waals surface area contributed by atoms with Crippen LogP contribution in [0.3, 0.4) is 0 Å². The summed E-state index contributed by atoms with van der Waals surface area (Å²) in [6.07, 6.45) is 5.38. The van der Waals surface area contributed by atoms with Gasteiger partial charge in [0.2, 0.25) is 11.8 Å². The van der Waals surface area contributed by atoms with Crippen LogP contribution >= 0.6 is 0 Å². The van der Waals surface area contributed by atoms with Gasteiger partial charge in [0.15, 0.2) is 0 Å². The molecule has 7 heteroatoms. The molecule has 6 atom stereocenters. The average Bonchev–Trinajstić information content (AvgIpc) is 3.32. The van der Waals surface area contributed by atoms with Crippen molar-refractivity contribution in [3.63, 3.8) is 0 Å². The van der Waals surface area contributed by atoms with Crippen LogP contribution in [0.15, 0.2) is 36.4 Å². The summed E-state index contributed by atoms with van der Waals surface area (Å²) in [5.74, 6) is 0.0888. The highest BCUT2D eigenvalue weighted by atomic mass is 16.2. The van der Waals surface area contributed by atoms with Crippen molar-refractivity contribution in [3.8, 4) is 0 Å². The first kappa shape index (κ1) is 14.4. The Morgan fingerprint density at radius 2 is 1.69 bits per heavy atom. The van der Waals surface area contributed by atoms with E-state index in [1.807, 2.05) is 6.07 Å². The van der Waals surface area contributed by atoms with Crippen LogP contribution < -0.4 is 0 Å². The number of imide groups is 1. The second-order valence-electron chi connectivity index (χ2n) is 7.80. The van der Waals surface area contributed by atoms with Gasteiger partial charge in [0.1, 0.15) is 12.1 Å². The lowest BCUT2D eigenvalue weighted by molar-refractivity contribution is -0.139. The van der Waals surface area contributed by atoms with E-state index >= 15 is 0 Å². The molecule has 2 heterocycles. The number of likely N-dealkylation sites (tertiary alicyclic amines) is 1. The Morgan fingerprint density at radius 1 is 1.04 bits per heavy atom. The SMILES string of the molecule is O=C1[C@@H]2[C@@H]3C=C[C@H]([C@H]4C[C@H]34)[C@@H]2C(=O)N1CC(=O)n1nnc2ccccc21. The molecule has 1 aromatic carbocycles. The number of allylic oxidation sites excluding steroid dienone is 2. The monoisotopic (exact) mass is 348 g/mol. The Balaban J connectivity index is 1.31. The van der Waals surface area contributed by atoms with Gasteiger partial charge in [-0.25, -0.2) is 0 Å². The minimum absolute atomic E-state index is 0.166. The van der Waals surface area contributed by atoms with Crippen LogP contribution in [0.4, 0.5) is 0 Å². The quantitative estimate of drug-likeness (QED) is 0.600. The molecule has 0 unspecified atom stereocenters. The van der Waals surface area contributed by atoms with Gasteiger partial charge < -0.3 is 0 Å². The zero-order valence-corrected chi connectivity index (χ0v) is 13.9. The van der Waals surface area contributed by atoms with E-state index in [9.17, 15) is 14.4 Å². The molecule has 4 aliphatic carbocycles. The predicted molar refractivity (Wildman–Crippen MR) is 89.6 cm³/mol. The summed E-state index contributed by atoms with van der Waals surface area (Å²) in [7, 11) is 0. The van der Waals surface area contributed by atoms with Crippen LogP contribution in [-0.4, -0.2) is 44.2 Å². The van der Waals surface area contributed by atoms with Gasteiger partial charge in [-0.3, -0.25) is 19.3 Å². The predicted octanol–water partition coefficient (Wildman–Crippen LogP) is 1.12. The van der Waals surface area contributed by atoms with Crippen molar-refractivity contribution < 1.29 is 14.4 Å². The second kappa shape index (κ2) is 4.66. The first-order valence-electron chi connectivity index (χ1n) is 9.02. The number of amides is 2. The maximum atomic E-state index is 12.9. The molecule has 2 aromatic rings. The number of benzene rings is 1. The molecule has 2 amide bonds. The summed E-state index contributed by atoms with van der Waals surface area (Å²) < 4.78 is 1.18. The molecule has 26 heavy (non-hydrogen) atoms. The molecule has 1 aliphatic heterocycles. The summed E-state index contributed by atoms with van der Waals surface area (Å²) in [6, 6.07) is 7.13. The Morgan fingerprint density at radius 3 is 2.38 bits per heavy atom. The molecule has 2 saturated carbocycles. The number of para-hydroxylation sites is 1. The van der Waals surface area contributed by atoms with Gasteiger partial charge in [0, 0.05) is 0 Å². The zero-order valence-electron chi connectivity index (χ0n) is 13.9. The number of aromatic nitrogens is 3. The van der Waals surface area contributed by atoms with Gasteiger partial charge in [-0.15, -0.1) is 5.10 Å². The molecule has 5 aliphatic rings. The smallest absolute Gasteiger partial charge is 0.268 e. The summed E-state index contributed by atoms with van der Waals surface area (Å²) in [5, 5.41) is 7.86. The Hall–Kier alpha value is -2.83. The number of hydrogen-bond acceptors (Lipinski definition) is 5. The van der Waals surface area contributed by atoms with Crippen molar-refractivity contribution in [2.75, 3.05) is 6.54 Å². The molecular formula is C19H16N4O3. The minimum Gasteiger partial charge on any atom is -0.274 e. The van der Waals surface area contributed by atoms with Crippen LogP contribution in [0.2, 0.25) is 0 Å². The lowest BCUT2D eigenvalue weighted by Gasteiger charge is -2.37. The Labute approximate surface area is 148 Å². The Bertz CT molecular complexity index is 989. The maximum absolute atomic E-state index is 12.9. The standard InChI is InChI=1S/C19H16N4O3/c24-15(23-14-4-2-1-3-13(14)20-21-23)8-22-18(25)16-9-5-6-10(12-7-11(9)12)17(16)19(22)26/h1-6,9-12,16-17H,7-8H2/t9-,10-,11-,12-,16-,17+/m1/s1. The van der Waals surface area contributed by atoms with Crippen LogP contribution in [-0.2, 0) is 9.59 Å². The summed E-state index contributed by atoms with van der Waals surface area (Å²) in [5.41, 5.74) is 1.19. The molecule has 7 nitrogen and oxygen atoms in total. The van der Waals surface area contributed by atoms with Crippen molar-refractivity contribution in [3.05, 3.63) is 36.4 Å². The van der Waals surface area contributed by atoms with E-state index in [0.717, 1.165) is 11.3 Å². The molecule has 0 N–H and O–H groups in total. The Kier molecular flexibility index (Phi) is 2.57. The highest BCUT2D eigenvalue weighted by Crippen LogP contribution is 2.65. The molecular weight excluding hydrogens is 332 g/mol. The van der Waals surface area contributed by atoms with Crippen LogP contribution in [0.5, 0.6) is 0 Å². The van der Waals surface area contributed by atoms with E-state index in [2.05, 4.69) is 22.5 Å². The number of rotatable bonds is 2. The van der Waals surface area contributed by atoms with Gasteiger partial charge in [0.25, 0.3) is 5.91 Å². The number of carbonyl (C=O) groups excluding carboxylic acids is 3. The summed E-state index contributed by atoms with van der Waals surface area (Å²) in [6.45, 7) is -0.271. The minimum atomic E-state index is -0.412. The first-order chi connectivity index (χ1) is 12.6. The normalized spacial score (nSPS) is 36.5. The lowest BCUT2D eigenvalue weighted by atomic mass is 9.63. The van der Waals surface area contributed by atoms with E-state index in [-0.39, 0.29) is 42.0 Å². The lowest BCUT2D eigenvalue weighted by Crippen LogP contribution is -2.40. The highest BCUT2D eigenvalue weighted by Gasteiger charge is 2.67. The van der Waals surface area contributed by atoms with Gasteiger partial charge >= 0.3 is 0 Å². The first-order valence-corrected chi connectivity index (χ1v) is 9.02. The van der Waals surface area contributed by atoms with E-state index in [0.29, 0.717) is 22.9 Å². The molecule has 0 radical (unpaired) electrons. The molecule has 1 saturated heterocycles. The molecule has 7 rings (SSSR count). The fraction of sp³-hybridized carbons (Fsp3) is 0.421. The molecule has 2 bridgehead atoms. The number of nitrogens with zero attached hydrogens (tertiary/aromatic N) is 4. The third-order valence-electron chi connectivity index (χ3n) is 6.64. The molecule has 3 fully saturated rings. The van der Waals surface area contributed by atoms with Gasteiger partial charge in [-0.1, -0.05) is 29.5 Å². The van der Waals surface area contributed by atoms with Crippen molar-refractivity contribution in [1.82, 2.24) is 19.9 Å². The molecule has 0 spiro atoms. The van der Waals surface area contributed by atoms with Crippen molar-refractivity contribution >= 4 is 28.8 Å². The molecule has 1 aromatic heterocycles. The van der Waals surface area contributed by atoms with Gasteiger partial charge in [-0.05, 0) is 42.2 Å². The topological polar surface area (TPSA) is 85.2 Å². The van der Waals surface area contributed by atoms with Crippen molar-refractivity contribution in [2.24, 2.45) is 35.5 Å². The van der Waals surface area contributed by atoms with Crippen LogP contribution in [0.1, 0.15) is 11.2 Å². The third kappa shape index (κ3) is 1.65. The van der Waals surface area contributed by atoms with Gasteiger partial charge in [-0.2, -0.15) is 4.68 Å². The van der Waals surface area contributed by atoms with Crippen molar-refractivity contribution in [1.29, 1.82) is 0 Å². The van der Waals surface area contributed by atoms with Crippen molar-refractivity contribution in [2.45, 2.75) is 6.42 Å². The zero-order chi connectivity index (χ0) is 17.6. The fourth-order valence-corrected chi connectivity index (χ4v) is 5.43. The van der Waals surface area contributed by atoms with Gasteiger partial charge in [0.05, 0.1) is 17.4 Å². The van der Waals surface area contributed by atoms with E-state index in [1.165, 1.54) is 4.68 Å². The maximum Gasteiger partial charge on any atom is 0.268 e. The van der Waals surface area contributed by atoms with Crippen LogP contribution in [0, 0.1) is 35.5 Å². The van der Waals surface area contributed by atoms with Crippen LogP contribution in [0.25, 0.3) is 11.0 Å². The van der Waals surface area contributed by atoms with E-state index in [1.54, 1.807) is 18.2 Å². The van der Waals surface area contributed by atoms with E-state index < -0.39 is 5.91 Å². The largest absolute Gasteiger partial charge is 0.274 e. The third-order valence-corrected chi connectivity index (χ3v) is 6.64.